The summed E-state index contributed by atoms with van der Waals surface area (Å²) in [5.41, 5.74) is 1.18. The van der Waals surface area contributed by atoms with E-state index in [-0.39, 0.29) is 5.91 Å². The fraction of sp³-hybridized carbons (Fsp3) is 0.333. The summed E-state index contributed by atoms with van der Waals surface area (Å²) in [5.74, 6) is 0.961. The minimum Gasteiger partial charge on any atom is -0.313 e. The lowest BCUT2D eigenvalue weighted by Gasteiger charge is -2.10. The summed E-state index contributed by atoms with van der Waals surface area (Å²) in [7, 11) is 0. The van der Waals surface area contributed by atoms with E-state index >= 15 is 0 Å². The summed E-state index contributed by atoms with van der Waals surface area (Å²) in [6.07, 6.45) is 4.09. The van der Waals surface area contributed by atoms with Crippen LogP contribution in [0.15, 0.2) is 42.7 Å². The molecule has 0 aliphatic rings. The number of anilines is 1. The molecule has 0 atom stereocenters. The number of benzene rings is 1. The van der Waals surface area contributed by atoms with E-state index in [0.717, 1.165) is 0 Å². The number of nitrogens with zero attached hydrogens (tertiary/aromatic N) is 2. The van der Waals surface area contributed by atoms with Gasteiger partial charge in [0.25, 0.3) is 0 Å². The third-order valence-corrected chi connectivity index (χ3v) is 2.76. The largest absolute Gasteiger partial charge is 0.313 e. The Balaban J connectivity index is 2.04. The van der Waals surface area contributed by atoms with Crippen LogP contribution in [-0.4, -0.2) is 15.5 Å². The number of imidazole rings is 1. The van der Waals surface area contributed by atoms with Gasteiger partial charge in [-0.05, 0) is 11.5 Å². The lowest BCUT2D eigenvalue weighted by Crippen LogP contribution is -2.17. The lowest BCUT2D eigenvalue weighted by molar-refractivity contribution is -0.116. The first kappa shape index (κ1) is 13.3. The van der Waals surface area contributed by atoms with Crippen LogP contribution < -0.4 is 5.32 Å². The van der Waals surface area contributed by atoms with Crippen LogP contribution in [0.1, 0.15) is 25.8 Å². The Morgan fingerprint density at radius 1 is 1.32 bits per heavy atom. The molecule has 0 saturated heterocycles. The SMILES string of the molecule is CC(C)CC(=O)Nc1nccn1Cc1ccccc1. The summed E-state index contributed by atoms with van der Waals surface area (Å²) < 4.78 is 1.94. The van der Waals surface area contributed by atoms with Crippen molar-refractivity contribution in [3.8, 4) is 0 Å². The highest BCUT2D eigenvalue weighted by Crippen LogP contribution is 2.10. The Kier molecular flexibility index (Phi) is 4.34. The lowest BCUT2D eigenvalue weighted by atomic mass is 10.1. The molecule has 1 aromatic carbocycles. The zero-order chi connectivity index (χ0) is 13.7. The van der Waals surface area contributed by atoms with Crippen LogP contribution in [-0.2, 0) is 11.3 Å². The zero-order valence-electron chi connectivity index (χ0n) is 11.3. The van der Waals surface area contributed by atoms with Crippen molar-refractivity contribution in [3.63, 3.8) is 0 Å². The zero-order valence-corrected chi connectivity index (χ0v) is 11.3. The average molecular weight is 257 g/mol. The van der Waals surface area contributed by atoms with Crippen LogP contribution in [0.5, 0.6) is 0 Å². The second-order valence-electron chi connectivity index (χ2n) is 5.01. The van der Waals surface area contributed by atoms with Gasteiger partial charge in [-0.3, -0.25) is 10.1 Å². The molecule has 0 radical (unpaired) electrons. The molecule has 1 heterocycles. The van der Waals surface area contributed by atoms with E-state index in [2.05, 4.69) is 22.4 Å². The molecule has 2 rings (SSSR count). The molecule has 0 saturated carbocycles. The molecular weight excluding hydrogens is 238 g/mol. The van der Waals surface area contributed by atoms with Crippen molar-refractivity contribution < 1.29 is 4.79 Å². The van der Waals surface area contributed by atoms with Crippen molar-refractivity contribution in [1.82, 2.24) is 9.55 Å². The molecule has 1 amide bonds. The van der Waals surface area contributed by atoms with Crippen molar-refractivity contribution in [1.29, 1.82) is 0 Å². The van der Waals surface area contributed by atoms with E-state index in [1.807, 2.05) is 42.8 Å². The summed E-state index contributed by atoms with van der Waals surface area (Å²) in [6, 6.07) is 10.1. The molecule has 0 aliphatic carbocycles. The van der Waals surface area contributed by atoms with E-state index in [1.54, 1.807) is 6.20 Å². The molecule has 4 heteroatoms. The first-order valence-electron chi connectivity index (χ1n) is 6.50. The monoisotopic (exact) mass is 257 g/mol. The second-order valence-corrected chi connectivity index (χ2v) is 5.01. The van der Waals surface area contributed by atoms with Crippen LogP contribution >= 0.6 is 0 Å². The highest BCUT2D eigenvalue weighted by Gasteiger charge is 2.09. The number of amides is 1. The summed E-state index contributed by atoms with van der Waals surface area (Å²) in [4.78, 5) is 16.0. The van der Waals surface area contributed by atoms with E-state index in [9.17, 15) is 4.79 Å². The second kappa shape index (κ2) is 6.18. The number of hydrogen-bond donors (Lipinski definition) is 1. The molecule has 0 aliphatic heterocycles. The Morgan fingerprint density at radius 2 is 2.05 bits per heavy atom. The van der Waals surface area contributed by atoms with Crippen molar-refractivity contribution in [3.05, 3.63) is 48.3 Å². The predicted octanol–water partition coefficient (Wildman–Crippen LogP) is 2.92. The minimum atomic E-state index is 0.00973. The molecule has 19 heavy (non-hydrogen) atoms. The molecule has 100 valence electrons. The minimum absolute atomic E-state index is 0.00973. The summed E-state index contributed by atoms with van der Waals surface area (Å²) in [6.45, 7) is 4.75. The number of hydrogen-bond acceptors (Lipinski definition) is 2. The van der Waals surface area contributed by atoms with Crippen LogP contribution in [0.25, 0.3) is 0 Å². The van der Waals surface area contributed by atoms with Gasteiger partial charge in [-0.1, -0.05) is 44.2 Å². The van der Waals surface area contributed by atoms with Crippen LogP contribution in [0.3, 0.4) is 0 Å². The maximum Gasteiger partial charge on any atom is 0.226 e. The topological polar surface area (TPSA) is 46.9 Å². The molecule has 0 bridgehead atoms. The predicted molar refractivity (Wildman–Crippen MR) is 75.9 cm³/mol. The number of carbonyl (C=O) groups is 1. The standard InChI is InChI=1S/C15H19N3O/c1-12(2)10-14(19)17-15-16-8-9-18(15)11-13-6-4-3-5-7-13/h3-9,12H,10-11H2,1-2H3,(H,16,17,19). The maximum absolute atomic E-state index is 11.8. The van der Waals surface area contributed by atoms with Crippen molar-refractivity contribution in [2.45, 2.75) is 26.8 Å². The molecule has 4 nitrogen and oxygen atoms in total. The van der Waals surface area contributed by atoms with Crippen molar-refractivity contribution >= 4 is 11.9 Å². The van der Waals surface area contributed by atoms with E-state index in [1.165, 1.54) is 5.56 Å². The van der Waals surface area contributed by atoms with Gasteiger partial charge >= 0.3 is 0 Å². The van der Waals surface area contributed by atoms with E-state index < -0.39 is 0 Å². The Morgan fingerprint density at radius 3 is 2.74 bits per heavy atom. The van der Waals surface area contributed by atoms with E-state index in [0.29, 0.717) is 24.8 Å². The van der Waals surface area contributed by atoms with Crippen molar-refractivity contribution in [2.24, 2.45) is 5.92 Å². The number of nitrogens with one attached hydrogen (secondary N) is 1. The van der Waals surface area contributed by atoms with Gasteiger partial charge in [-0.15, -0.1) is 0 Å². The van der Waals surface area contributed by atoms with Crippen LogP contribution in [0.4, 0.5) is 5.95 Å². The quantitative estimate of drug-likeness (QED) is 0.895. The normalized spacial score (nSPS) is 10.7. The van der Waals surface area contributed by atoms with Gasteiger partial charge in [0.1, 0.15) is 0 Å². The first-order valence-corrected chi connectivity index (χ1v) is 6.50. The molecule has 0 fully saturated rings. The van der Waals surface area contributed by atoms with Gasteiger partial charge in [0.2, 0.25) is 11.9 Å². The highest BCUT2D eigenvalue weighted by atomic mass is 16.1. The van der Waals surface area contributed by atoms with Gasteiger partial charge in [0.05, 0.1) is 6.54 Å². The molecule has 0 spiro atoms. The molecule has 1 aromatic heterocycles. The average Bonchev–Trinajstić information content (AvgIpc) is 2.77. The smallest absolute Gasteiger partial charge is 0.226 e. The van der Waals surface area contributed by atoms with Gasteiger partial charge < -0.3 is 4.57 Å². The summed E-state index contributed by atoms with van der Waals surface area (Å²) in [5, 5.41) is 2.86. The molecule has 0 unspecified atom stereocenters. The van der Waals surface area contributed by atoms with Crippen molar-refractivity contribution in [2.75, 3.05) is 5.32 Å². The van der Waals surface area contributed by atoms with Crippen LogP contribution in [0.2, 0.25) is 0 Å². The van der Waals surface area contributed by atoms with E-state index in [4.69, 9.17) is 0 Å². The molecule has 2 aromatic rings. The number of aromatic nitrogens is 2. The van der Waals surface area contributed by atoms with Gasteiger partial charge in [-0.2, -0.15) is 0 Å². The van der Waals surface area contributed by atoms with Gasteiger partial charge in [-0.25, -0.2) is 4.98 Å². The highest BCUT2D eigenvalue weighted by molar-refractivity contribution is 5.89. The molecular formula is C15H19N3O. The third kappa shape index (κ3) is 3.95. The summed E-state index contributed by atoms with van der Waals surface area (Å²) >= 11 is 0. The molecule has 1 N–H and O–H groups in total. The fourth-order valence-electron chi connectivity index (χ4n) is 1.89. The van der Waals surface area contributed by atoms with Gasteiger partial charge in [0, 0.05) is 18.8 Å². The third-order valence-electron chi connectivity index (χ3n) is 2.76. The number of rotatable bonds is 5. The first-order chi connectivity index (χ1) is 9.15. The number of carbonyl (C=O) groups excluding carboxylic acids is 1. The fourth-order valence-corrected chi connectivity index (χ4v) is 1.89. The van der Waals surface area contributed by atoms with Crippen LogP contribution in [0, 0.1) is 5.92 Å². The van der Waals surface area contributed by atoms with Gasteiger partial charge in [0.15, 0.2) is 0 Å². The Bertz CT molecular complexity index is 531. The Labute approximate surface area is 113 Å². The Hall–Kier alpha value is -2.10. The maximum atomic E-state index is 11.8.